The summed E-state index contributed by atoms with van der Waals surface area (Å²) in [6.07, 6.45) is 1.27. The van der Waals surface area contributed by atoms with Crippen molar-refractivity contribution in [2.45, 2.75) is 6.54 Å². The van der Waals surface area contributed by atoms with Crippen molar-refractivity contribution in [3.8, 4) is 0 Å². The summed E-state index contributed by atoms with van der Waals surface area (Å²) in [5, 5.41) is 2.62. The van der Waals surface area contributed by atoms with Gasteiger partial charge in [0.1, 0.15) is 0 Å². The first kappa shape index (κ1) is 12.2. The van der Waals surface area contributed by atoms with Crippen molar-refractivity contribution in [3.05, 3.63) is 59.7 Å². The molecule has 0 aliphatic heterocycles. The second kappa shape index (κ2) is 5.37. The topological polar surface area (TPSA) is 68.0 Å². The highest BCUT2D eigenvalue weighted by Gasteiger charge is 2.06. The average molecular weight is 245 g/mol. The maximum absolute atomic E-state index is 12.6. The zero-order valence-electron chi connectivity index (χ0n) is 9.56. The molecule has 1 amide bonds. The van der Waals surface area contributed by atoms with Crippen molar-refractivity contribution in [1.82, 2.24) is 4.98 Å². The van der Waals surface area contributed by atoms with E-state index in [9.17, 15) is 9.18 Å². The number of pyridine rings is 1. The molecule has 1 heterocycles. The molecule has 0 radical (unpaired) electrons. The molecule has 2 aromatic rings. The summed E-state index contributed by atoms with van der Waals surface area (Å²) < 4.78 is 12.6. The molecule has 0 spiro atoms. The lowest BCUT2D eigenvalue weighted by molar-refractivity contribution is 0.102. The number of anilines is 1. The van der Waals surface area contributed by atoms with E-state index in [1.807, 2.05) is 0 Å². The van der Waals surface area contributed by atoms with E-state index in [0.29, 0.717) is 17.8 Å². The molecule has 0 aliphatic carbocycles. The largest absolute Gasteiger partial charge is 0.326 e. The van der Waals surface area contributed by atoms with Crippen LogP contribution >= 0.6 is 0 Å². The Hall–Kier alpha value is -2.27. The van der Waals surface area contributed by atoms with E-state index in [4.69, 9.17) is 5.73 Å². The third kappa shape index (κ3) is 2.89. The number of carbonyl (C=O) groups excluding carboxylic acids is 1. The molecule has 0 saturated heterocycles. The lowest BCUT2D eigenvalue weighted by atomic mass is 10.1. The number of rotatable bonds is 3. The van der Waals surface area contributed by atoms with E-state index in [-0.39, 0.29) is 5.91 Å². The van der Waals surface area contributed by atoms with E-state index in [1.165, 1.54) is 18.3 Å². The summed E-state index contributed by atoms with van der Waals surface area (Å²) in [5.74, 6) is -0.854. The van der Waals surface area contributed by atoms with Gasteiger partial charge in [-0.05, 0) is 29.8 Å². The quantitative estimate of drug-likeness (QED) is 0.812. The molecule has 18 heavy (non-hydrogen) atoms. The van der Waals surface area contributed by atoms with Crippen LogP contribution in [0.1, 0.15) is 15.9 Å². The molecule has 0 atom stereocenters. The molecule has 3 N–H and O–H groups in total. The van der Waals surface area contributed by atoms with Crippen molar-refractivity contribution in [3.63, 3.8) is 0 Å². The number of nitrogens with two attached hydrogens (primary N) is 1. The summed E-state index contributed by atoms with van der Waals surface area (Å²) >= 11 is 0. The molecule has 1 aromatic heterocycles. The Morgan fingerprint density at radius 3 is 2.50 bits per heavy atom. The fourth-order valence-electron chi connectivity index (χ4n) is 1.45. The zero-order chi connectivity index (χ0) is 13.0. The fourth-order valence-corrected chi connectivity index (χ4v) is 1.45. The summed E-state index contributed by atoms with van der Waals surface area (Å²) in [4.78, 5) is 15.3. The Labute approximate surface area is 104 Å². The van der Waals surface area contributed by atoms with Crippen molar-refractivity contribution in [2.75, 3.05) is 5.32 Å². The molecule has 0 bridgehead atoms. The van der Waals surface area contributed by atoms with E-state index in [2.05, 4.69) is 10.3 Å². The van der Waals surface area contributed by atoms with Gasteiger partial charge in [0.15, 0.2) is 0 Å². The summed E-state index contributed by atoms with van der Waals surface area (Å²) in [6.45, 7) is 0.434. The minimum absolute atomic E-state index is 0.271. The van der Waals surface area contributed by atoms with Crippen LogP contribution in [0.5, 0.6) is 0 Å². The van der Waals surface area contributed by atoms with Gasteiger partial charge >= 0.3 is 0 Å². The third-order valence-electron chi connectivity index (χ3n) is 2.44. The maximum atomic E-state index is 12.6. The van der Waals surface area contributed by atoms with Gasteiger partial charge in [-0.15, -0.1) is 0 Å². The molecule has 0 saturated carbocycles. The minimum atomic E-state index is -0.583. The van der Waals surface area contributed by atoms with Crippen molar-refractivity contribution in [1.29, 1.82) is 0 Å². The van der Waals surface area contributed by atoms with E-state index < -0.39 is 5.95 Å². The molecule has 4 nitrogen and oxygen atoms in total. The second-order valence-electron chi connectivity index (χ2n) is 3.72. The van der Waals surface area contributed by atoms with Crippen LogP contribution in [0.4, 0.5) is 10.1 Å². The predicted molar refractivity (Wildman–Crippen MR) is 66.5 cm³/mol. The minimum Gasteiger partial charge on any atom is -0.326 e. The van der Waals surface area contributed by atoms with Crippen LogP contribution in [0.25, 0.3) is 0 Å². The van der Waals surface area contributed by atoms with Crippen LogP contribution in [-0.2, 0) is 6.54 Å². The predicted octanol–water partition coefficient (Wildman–Crippen LogP) is 1.93. The number of nitrogens with zero attached hydrogens (tertiary/aromatic N) is 1. The Morgan fingerprint density at radius 2 is 1.94 bits per heavy atom. The Kier molecular flexibility index (Phi) is 3.64. The van der Waals surface area contributed by atoms with Gasteiger partial charge in [0.05, 0.1) is 11.9 Å². The standard InChI is InChI=1S/C13H12FN3O/c14-12-6-5-11(8-16-12)17-13(18)10-3-1-9(7-15)2-4-10/h1-6,8H,7,15H2,(H,17,18). The number of nitrogens with one attached hydrogen (secondary N) is 1. The molecule has 0 aliphatic rings. The van der Waals surface area contributed by atoms with Crippen LogP contribution in [0.15, 0.2) is 42.6 Å². The van der Waals surface area contributed by atoms with Gasteiger partial charge in [-0.25, -0.2) is 4.98 Å². The van der Waals surface area contributed by atoms with Crippen LogP contribution < -0.4 is 11.1 Å². The first-order chi connectivity index (χ1) is 8.69. The van der Waals surface area contributed by atoms with Gasteiger partial charge < -0.3 is 11.1 Å². The number of halogens is 1. The van der Waals surface area contributed by atoms with Gasteiger partial charge in [-0.3, -0.25) is 4.79 Å². The Morgan fingerprint density at radius 1 is 1.22 bits per heavy atom. The van der Waals surface area contributed by atoms with E-state index in [0.717, 1.165) is 5.56 Å². The molecule has 2 rings (SSSR count). The van der Waals surface area contributed by atoms with Crippen LogP contribution in [-0.4, -0.2) is 10.9 Å². The van der Waals surface area contributed by atoms with Gasteiger partial charge in [0.25, 0.3) is 5.91 Å². The van der Waals surface area contributed by atoms with Crippen LogP contribution in [0.3, 0.4) is 0 Å². The van der Waals surface area contributed by atoms with E-state index in [1.54, 1.807) is 24.3 Å². The van der Waals surface area contributed by atoms with Crippen LogP contribution in [0, 0.1) is 5.95 Å². The second-order valence-corrected chi connectivity index (χ2v) is 3.72. The molecular formula is C13H12FN3O. The fraction of sp³-hybridized carbons (Fsp3) is 0.0769. The first-order valence-electron chi connectivity index (χ1n) is 5.41. The molecule has 0 fully saturated rings. The highest BCUT2D eigenvalue weighted by atomic mass is 19.1. The molecule has 1 aromatic carbocycles. The van der Waals surface area contributed by atoms with Crippen molar-refractivity contribution in [2.24, 2.45) is 5.73 Å². The van der Waals surface area contributed by atoms with Gasteiger partial charge in [0.2, 0.25) is 5.95 Å². The number of hydrogen-bond acceptors (Lipinski definition) is 3. The third-order valence-corrected chi connectivity index (χ3v) is 2.44. The van der Waals surface area contributed by atoms with Gasteiger partial charge in [-0.1, -0.05) is 12.1 Å². The number of aromatic nitrogens is 1. The average Bonchev–Trinajstić information content (AvgIpc) is 2.41. The molecule has 0 unspecified atom stereocenters. The number of amides is 1. The number of carbonyl (C=O) groups is 1. The molecular weight excluding hydrogens is 233 g/mol. The summed E-state index contributed by atoms with van der Waals surface area (Å²) in [7, 11) is 0. The van der Waals surface area contributed by atoms with Crippen molar-refractivity contribution >= 4 is 11.6 Å². The maximum Gasteiger partial charge on any atom is 0.255 e. The molecule has 5 heteroatoms. The smallest absolute Gasteiger partial charge is 0.255 e. The zero-order valence-corrected chi connectivity index (χ0v) is 9.56. The monoisotopic (exact) mass is 245 g/mol. The summed E-state index contributed by atoms with van der Waals surface area (Å²) in [5.41, 5.74) is 7.38. The Balaban J connectivity index is 2.09. The van der Waals surface area contributed by atoms with Crippen LogP contribution in [0.2, 0.25) is 0 Å². The first-order valence-corrected chi connectivity index (χ1v) is 5.41. The highest BCUT2D eigenvalue weighted by Crippen LogP contribution is 2.09. The van der Waals surface area contributed by atoms with Gasteiger partial charge in [-0.2, -0.15) is 4.39 Å². The van der Waals surface area contributed by atoms with Crippen molar-refractivity contribution < 1.29 is 9.18 Å². The molecule has 92 valence electrons. The number of hydrogen-bond donors (Lipinski definition) is 2. The SMILES string of the molecule is NCc1ccc(C(=O)Nc2ccc(F)nc2)cc1. The normalized spacial score (nSPS) is 10.1. The lowest BCUT2D eigenvalue weighted by Crippen LogP contribution is -2.12. The Bertz CT molecular complexity index is 537. The van der Waals surface area contributed by atoms with Gasteiger partial charge in [0, 0.05) is 12.1 Å². The van der Waals surface area contributed by atoms with E-state index >= 15 is 0 Å². The lowest BCUT2D eigenvalue weighted by Gasteiger charge is -2.05. The number of benzene rings is 1. The summed E-state index contributed by atoms with van der Waals surface area (Å²) in [6, 6.07) is 9.60. The highest BCUT2D eigenvalue weighted by molar-refractivity contribution is 6.04.